The summed E-state index contributed by atoms with van der Waals surface area (Å²) in [6.45, 7) is 3.76. The second-order valence-electron chi connectivity index (χ2n) is 5.63. The van der Waals surface area contributed by atoms with Crippen LogP contribution in [0.15, 0.2) is 48.5 Å². The molecule has 2 aromatic rings. The van der Waals surface area contributed by atoms with E-state index in [1.165, 1.54) is 5.56 Å². The highest BCUT2D eigenvalue weighted by atomic mass is 32.2. The van der Waals surface area contributed by atoms with Crippen LogP contribution < -0.4 is 10.6 Å². The smallest absolute Gasteiger partial charge is 0.242 e. The Morgan fingerprint density at radius 2 is 1.96 bits per heavy atom. The molecule has 1 atom stereocenters. The molecule has 0 aromatic heterocycles. The maximum atomic E-state index is 12.8. The van der Waals surface area contributed by atoms with Crippen LogP contribution in [-0.4, -0.2) is 18.2 Å². The number of carbonyl (C=O) groups excluding carboxylic acids is 1. The highest BCUT2D eigenvalue weighted by Gasteiger charge is 2.27. The predicted octanol–water partition coefficient (Wildman–Crippen LogP) is 3.77. The number of fused-ring (bicyclic) bond motifs is 1. The Morgan fingerprint density at radius 3 is 2.83 bits per heavy atom. The van der Waals surface area contributed by atoms with Crippen LogP contribution in [0, 0.1) is 0 Å². The molecule has 2 N–H and O–H groups in total. The van der Waals surface area contributed by atoms with Crippen LogP contribution in [0.4, 0.5) is 5.69 Å². The Labute approximate surface area is 141 Å². The first-order chi connectivity index (χ1) is 11.3. The van der Waals surface area contributed by atoms with E-state index in [0.29, 0.717) is 0 Å². The van der Waals surface area contributed by atoms with Gasteiger partial charge in [-0.05, 0) is 41.5 Å². The number of aryl methyl sites for hydroxylation is 1. The molecule has 0 fully saturated rings. The van der Waals surface area contributed by atoms with Crippen LogP contribution in [0.3, 0.4) is 0 Å². The van der Waals surface area contributed by atoms with Crippen molar-refractivity contribution in [1.82, 2.24) is 5.32 Å². The SMILES string of the molecule is CCNCc1ccccc1NC(=O)C1SCCc2ccccc21. The minimum Gasteiger partial charge on any atom is -0.325 e. The van der Waals surface area contributed by atoms with Gasteiger partial charge in [0.05, 0.1) is 0 Å². The van der Waals surface area contributed by atoms with Gasteiger partial charge in [0.25, 0.3) is 0 Å². The highest BCUT2D eigenvalue weighted by molar-refractivity contribution is 8.00. The molecule has 1 amide bonds. The van der Waals surface area contributed by atoms with Gasteiger partial charge >= 0.3 is 0 Å². The van der Waals surface area contributed by atoms with E-state index in [0.717, 1.165) is 42.1 Å². The average molecular weight is 326 g/mol. The quantitative estimate of drug-likeness (QED) is 0.879. The fraction of sp³-hybridized carbons (Fsp3) is 0.316. The fourth-order valence-corrected chi connectivity index (χ4v) is 4.06. The zero-order valence-electron chi connectivity index (χ0n) is 13.3. The van der Waals surface area contributed by atoms with Crippen LogP contribution in [0.2, 0.25) is 0 Å². The van der Waals surface area contributed by atoms with Gasteiger partial charge in [0.15, 0.2) is 0 Å². The molecule has 0 radical (unpaired) electrons. The van der Waals surface area contributed by atoms with Crippen molar-refractivity contribution >= 4 is 23.4 Å². The van der Waals surface area contributed by atoms with E-state index in [1.54, 1.807) is 11.8 Å². The summed E-state index contributed by atoms with van der Waals surface area (Å²) in [4.78, 5) is 12.8. The molecule has 0 aliphatic carbocycles. The average Bonchev–Trinajstić information content (AvgIpc) is 2.60. The third-order valence-corrected chi connectivity index (χ3v) is 5.31. The summed E-state index contributed by atoms with van der Waals surface area (Å²) in [6, 6.07) is 16.3. The summed E-state index contributed by atoms with van der Waals surface area (Å²) >= 11 is 1.73. The largest absolute Gasteiger partial charge is 0.325 e. The lowest BCUT2D eigenvalue weighted by Crippen LogP contribution is -2.24. The first-order valence-electron chi connectivity index (χ1n) is 8.08. The first kappa shape index (κ1) is 16.1. The maximum Gasteiger partial charge on any atom is 0.242 e. The van der Waals surface area contributed by atoms with Crippen molar-refractivity contribution in [3.63, 3.8) is 0 Å². The van der Waals surface area contributed by atoms with E-state index in [4.69, 9.17) is 0 Å². The standard InChI is InChI=1S/C19H22N2OS/c1-2-20-13-15-8-4-6-10-17(15)21-19(22)18-16-9-5-3-7-14(16)11-12-23-18/h3-10,18,20H,2,11-13H2,1H3,(H,21,22). The molecule has 3 rings (SSSR count). The zero-order valence-corrected chi connectivity index (χ0v) is 14.2. The molecular weight excluding hydrogens is 304 g/mol. The number of anilines is 1. The lowest BCUT2D eigenvalue weighted by atomic mass is 10.0. The van der Waals surface area contributed by atoms with Crippen molar-refractivity contribution in [1.29, 1.82) is 0 Å². The molecule has 0 saturated carbocycles. The zero-order chi connectivity index (χ0) is 16.1. The Bertz CT molecular complexity index is 687. The van der Waals surface area contributed by atoms with E-state index in [-0.39, 0.29) is 11.2 Å². The summed E-state index contributed by atoms with van der Waals surface area (Å²) in [5, 5.41) is 6.33. The van der Waals surface area contributed by atoms with Crippen LogP contribution in [0.5, 0.6) is 0 Å². The van der Waals surface area contributed by atoms with Crippen LogP contribution in [0.1, 0.15) is 28.9 Å². The molecule has 3 nitrogen and oxygen atoms in total. The van der Waals surface area contributed by atoms with E-state index in [1.807, 2.05) is 24.3 Å². The summed E-state index contributed by atoms with van der Waals surface area (Å²) in [5.74, 6) is 1.07. The minimum absolute atomic E-state index is 0.0751. The summed E-state index contributed by atoms with van der Waals surface area (Å²) in [7, 11) is 0. The van der Waals surface area contributed by atoms with Crippen LogP contribution in [0.25, 0.3) is 0 Å². The second-order valence-corrected chi connectivity index (χ2v) is 6.84. The summed E-state index contributed by atoms with van der Waals surface area (Å²) < 4.78 is 0. The molecule has 2 aromatic carbocycles. The van der Waals surface area contributed by atoms with Gasteiger partial charge in [0.2, 0.25) is 5.91 Å². The number of para-hydroxylation sites is 1. The highest BCUT2D eigenvalue weighted by Crippen LogP contribution is 2.37. The summed E-state index contributed by atoms with van der Waals surface area (Å²) in [6.07, 6.45) is 1.04. The number of carbonyl (C=O) groups is 1. The number of hydrogen-bond donors (Lipinski definition) is 2. The molecule has 1 heterocycles. The molecular formula is C19H22N2OS. The van der Waals surface area contributed by atoms with Gasteiger partial charge in [-0.2, -0.15) is 0 Å². The number of hydrogen-bond acceptors (Lipinski definition) is 3. The van der Waals surface area contributed by atoms with Crippen molar-refractivity contribution in [3.8, 4) is 0 Å². The molecule has 1 aliphatic heterocycles. The third-order valence-electron chi connectivity index (χ3n) is 4.07. The molecule has 4 heteroatoms. The normalized spacial score (nSPS) is 16.7. The molecule has 0 spiro atoms. The van der Waals surface area contributed by atoms with E-state index >= 15 is 0 Å². The van der Waals surface area contributed by atoms with Crippen LogP contribution in [-0.2, 0) is 17.8 Å². The van der Waals surface area contributed by atoms with Crippen molar-refractivity contribution in [3.05, 3.63) is 65.2 Å². The second kappa shape index (κ2) is 7.66. The lowest BCUT2D eigenvalue weighted by Gasteiger charge is -2.24. The number of amides is 1. The number of nitrogens with one attached hydrogen (secondary N) is 2. The Hall–Kier alpha value is -1.78. The van der Waals surface area contributed by atoms with Gasteiger partial charge in [-0.1, -0.05) is 49.4 Å². The topological polar surface area (TPSA) is 41.1 Å². The van der Waals surface area contributed by atoms with Gasteiger partial charge in [-0.3, -0.25) is 4.79 Å². The maximum absolute atomic E-state index is 12.8. The lowest BCUT2D eigenvalue weighted by molar-refractivity contribution is -0.115. The number of thioether (sulfide) groups is 1. The number of rotatable bonds is 5. The van der Waals surface area contributed by atoms with Crippen LogP contribution >= 0.6 is 11.8 Å². The Balaban J connectivity index is 1.78. The van der Waals surface area contributed by atoms with Crippen molar-refractivity contribution < 1.29 is 4.79 Å². The van der Waals surface area contributed by atoms with Gasteiger partial charge in [-0.15, -0.1) is 11.8 Å². The van der Waals surface area contributed by atoms with Crippen molar-refractivity contribution in [2.45, 2.75) is 25.1 Å². The minimum atomic E-state index is -0.118. The van der Waals surface area contributed by atoms with Gasteiger partial charge in [-0.25, -0.2) is 0 Å². The first-order valence-corrected chi connectivity index (χ1v) is 9.13. The Morgan fingerprint density at radius 1 is 1.17 bits per heavy atom. The van der Waals surface area contributed by atoms with Gasteiger partial charge < -0.3 is 10.6 Å². The molecule has 1 aliphatic rings. The number of benzene rings is 2. The van der Waals surface area contributed by atoms with Gasteiger partial charge in [0, 0.05) is 12.2 Å². The van der Waals surface area contributed by atoms with Crippen molar-refractivity contribution in [2.24, 2.45) is 0 Å². The van der Waals surface area contributed by atoms with Crippen molar-refractivity contribution in [2.75, 3.05) is 17.6 Å². The molecule has 1 unspecified atom stereocenters. The summed E-state index contributed by atoms with van der Waals surface area (Å²) in [5.41, 5.74) is 4.48. The molecule has 0 bridgehead atoms. The third kappa shape index (κ3) is 3.77. The van der Waals surface area contributed by atoms with E-state index in [2.05, 4.69) is 41.8 Å². The molecule has 0 saturated heterocycles. The van der Waals surface area contributed by atoms with Gasteiger partial charge in [0.1, 0.15) is 5.25 Å². The Kier molecular flexibility index (Phi) is 5.36. The van der Waals surface area contributed by atoms with E-state index < -0.39 is 0 Å². The fourth-order valence-electron chi connectivity index (χ4n) is 2.87. The molecule has 120 valence electrons. The molecule has 23 heavy (non-hydrogen) atoms. The van der Waals surface area contributed by atoms with E-state index in [9.17, 15) is 4.79 Å². The monoisotopic (exact) mass is 326 g/mol. The predicted molar refractivity (Wildman–Crippen MR) is 97.8 cm³/mol.